The zero-order valence-corrected chi connectivity index (χ0v) is 9.65. The molecule has 0 atom stereocenters. The molecule has 0 aromatic heterocycles. The summed E-state index contributed by atoms with van der Waals surface area (Å²) in [5.41, 5.74) is 4.97. The average molecular weight is 230 g/mol. The molecule has 1 aliphatic rings. The fourth-order valence-corrected chi connectivity index (χ4v) is 2.33. The largest absolute Gasteiger partial charge is 0.369 e. The predicted molar refractivity (Wildman–Crippen MR) is 61.5 cm³/mol. The van der Waals surface area contributed by atoms with E-state index in [9.17, 15) is 9.59 Å². The highest BCUT2D eigenvalue weighted by Gasteiger charge is 2.15. The highest BCUT2D eigenvalue weighted by Crippen LogP contribution is 2.17. The smallest absolute Gasteiger partial charge is 0.230 e. The van der Waals surface area contributed by atoms with Crippen molar-refractivity contribution in [2.45, 2.75) is 38.1 Å². The molecule has 0 spiro atoms. The van der Waals surface area contributed by atoms with Crippen molar-refractivity contribution in [2.24, 2.45) is 5.73 Å². The Morgan fingerprint density at radius 3 is 2.47 bits per heavy atom. The Morgan fingerprint density at radius 2 is 1.87 bits per heavy atom. The number of nitrogens with one attached hydrogen (secondary N) is 1. The molecule has 0 radical (unpaired) electrons. The highest BCUT2D eigenvalue weighted by molar-refractivity contribution is 8.00. The van der Waals surface area contributed by atoms with Crippen molar-refractivity contribution >= 4 is 23.6 Å². The Bertz CT molecular complexity index is 227. The third-order valence-electron chi connectivity index (χ3n) is 2.45. The number of hydrogen-bond donors (Lipinski definition) is 2. The van der Waals surface area contributed by atoms with Crippen LogP contribution in [0.1, 0.15) is 32.1 Å². The highest BCUT2D eigenvalue weighted by atomic mass is 32.2. The minimum Gasteiger partial charge on any atom is -0.369 e. The third-order valence-corrected chi connectivity index (χ3v) is 3.40. The molecule has 0 unspecified atom stereocenters. The first-order valence-electron chi connectivity index (χ1n) is 5.34. The normalized spacial score (nSPS) is 17.3. The summed E-state index contributed by atoms with van der Waals surface area (Å²) in [6.45, 7) is 0. The second-order valence-corrected chi connectivity index (χ2v) is 4.85. The van der Waals surface area contributed by atoms with E-state index in [-0.39, 0.29) is 17.6 Å². The summed E-state index contributed by atoms with van der Waals surface area (Å²) in [6.07, 6.45) is 5.87. The van der Waals surface area contributed by atoms with Gasteiger partial charge in [0.05, 0.1) is 11.5 Å². The van der Waals surface area contributed by atoms with Crippen LogP contribution >= 0.6 is 11.8 Å². The molecule has 1 aliphatic carbocycles. The molecule has 4 nitrogen and oxygen atoms in total. The number of carbonyl (C=O) groups excluding carboxylic acids is 2. The van der Waals surface area contributed by atoms with Gasteiger partial charge in [0.2, 0.25) is 11.8 Å². The molecule has 5 heteroatoms. The van der Waals surface area contributed by atoms with Crippen molar-refractivity contribution in [3.05, 3.63) is 0 Å². The Labute approximate surface area is 94.4 Å². The lowest BCUT2D eigenvalue weighted by atomic mass is 9.95. The summed E-state index contributed by atoms with van der Waals surface area (Å²) in [6, 6.07) is 0.348. The molecule has 0 aliphatic heterocycles. The number of hydrogen-bond acceptors (Lipinski definition) is 3. The van der Waals surface area contributed by atoms with E-state index in [1.54, 1.807) is 0 Å². The minimum absolute atomic E-state index is 0.0214. The summed E-state index contributed by atoms with van der Waals surface area (Å²) in [7, 11) is 0. The summed E-state index contributed by atoms with van der Waals surface area (Å²) >= 11 is 1.27. The zero-order valence-electron chi connectivity index (χ0n) is 8.83. The molecule has 2 amide bonds. The van der Waals surface area contributed by atoms with Gasteiger partial charge in [-0.1, -0.05) is 19.3 Å². The van der Waals surface area contributed by atoms with Gasteiger partial charge in [-0.15, -0.1) is 11.8 Å². The summed E-state index contributed by atoms with van der Waals surface area (Å²) in [5, 5.41) is 2.98. The van der Waals surface area contributed by atoms with E-state index in [4.69, 9.17) is 5.73 Å². The van der Waals surface area contributed by atoms with Gasteiger partial charge in [-0.05, 0) is 12.8 Å². The molecule has 0 saturated heterocycles. The first-order chi connectivity index (χ1) is 7.18. The van der Waals surface area contributed by atoms with E-state index in [1.165, 1.54) is 31.0 Å². The lowest BCUT2D eigenvalue weighted by Gasteiger charge is -2.22. The lowest BCUT2D eigenvalue weighted by molar-refractivity contribution is -0.119. The van der Waals surface area contributed by atoms with Gasteiger partial charge >= 0.3 is 0 Å². The van der Waals surface area contributed by atoms with E-state index >= 15 is 0 Å². The van der Waals surface area contributed by atoms with E-state index < -0.39 is 0 Å². The van der Waals surface area contributed by atoms with Crippen LogP contribution in [0.25, 0.3) is 0 Å². The second-order valence-electron chi connectivity index (χ2n) is 3.86. The minimum atomic E-state index is -0.370. The van der Waals surface area contributed by atoms with Gasteiger partial charge in [-0.2, -0.15) is 0 Å². The number of amides is 2. The van der Waals surface area contributed by atoms with Crippen LogP contribution in [0.15, 0.2) is 0 Å². The van der Waals surface area contributed by atoms with Crippen LogP contribution < -0.4 is 11.1 Å². The topological polar surface area (TPSA) is 72.2 Å². The lowest BCUT2D eigenvalue weighted by Crippen LogP contribution is -2.37. The molecule has 1 rings (SSSR count). The van der Waals surface area contributed by atoms with E-state index in [0.717, 1.165) is 12.8 Å². The van der Waals surface area contributed by atoms with Crippen LogP contribution in [0.3, 0.4) is 0 Å². The van der Waals surface area contributed by atoms with Crippen molar-refractivity contribution in [1.29, 1.82) is 0 Å². The molecular formula is C10H18N2O2S. The Balaban J connectivity index is 2.09. The molecular weight excluding hydrogens is 212 g/mol. The summed E-state index contributed by atoms with van der Waals surface area (Å²) < 4.78 is 0. The van der Waals surface area contributed by atoms with Gasteiger partial charge in [0, 0.05) is 6.04 Å². The van der Waals surface area contributed by atoms with Crippen LogP contribution in [0.4, 0.5) is 0 Å². The zero-order chi connectivity index (χ0) is 11.1. The fourth-order valence-electron chi connectivity index (χ4n) is 1.76. The van der Waals surface area contributed by atoms with Crippen LogP contribution in [-0.2, 0) is 9.59 Å². The van der Waals surface area contributed by atoms with Gasteiger partial charge in [-0.25, -0.2) is 0 Å². The molecule has 1 fully saturated rings. The van der Waals surface area contributed by atoms with Crippen LogP contribution in [0.2, 0.25) is 0 Å². The van der Waals surface area contributed by atoms with E-state index in [2.05, 4.69) is 5.32 Å². The van der Waals surface area contributed by atoms with Crippen molar-refractivity contribution in [3.8, 4) is 0 Å². The van der Waals surface area contributed by atoms with Gasteiger partial charge in [0.1, 0.15) is 0 Å². The first-order valence-corrected chi connectivity index (χ1v) is 6.49. The maximum absolute atomic E-state index is 11.4. The molecule has 3 N–H and O–H groups in total. The Hall–Kier alpha value is -0.710. The van der Waals surface area contributed by atoms with Gasteiger partial charge < -0.3 is 11.1 Å². The fraction of sp³-hybridized carbons (Fsp3) is 0.800. The maximum atomic E-state index is 11.4. The molecule has 1 saturated carbocycles. The predicted octanol–water partition coefficient (Wildman–Crippen LogP) is 0.654. The maximum Gasteiger partial charge on any atom is 0.230 e. The number of nitrogens with two attached hydrogens (primary N) is 1. The monoisotopic (exact) mass is 230 g/mol. The molecule has 0 heterocycles. The molecule has 15 heavy (non-hydrogen) atoms. The average Bonchev–Trinajstić information content (AvgIpc) is 2.18. The number of carbonyl (C=O) groups is 2. The standard InChI is InChI=1S/C10H18N2O2S/c11-9(13)6-15-7-10(14)12-8-4-2-1-3-5-8/h8H,1-7H2,(H2,11,13)(H,12,14). The van der Waals surface area contributed by atoms with Crippen LogP contribution in [-0.4, -0.2) is 29.4 Å². The van der Waals surface area contributed by atoms with Crippen LogP contribution in [0.5, 0.6) is 0 Å². The number of thioether (sulfide) groups is 1. The van der Waals surface area contributed by atoms with Crippen molar-refractivity contribution < 1.29 is 9.59 Å². The first kappa shape index (κ1) is 12.4. The second kappa shape index (κ2) is 6.71. The molecule has 86 valence electrons. The number of primary amides is 1. The van der Waals surface area contributed by atoms with Gasteiger partial charge in [0.15, 0.2) is 0 Å². The van der Waals surface area contributed by atoms with Gasteiger partial charge in [-0.3, -0.25) is 9.59 Å². The van der Waals surface area contributed by atoms with Crippen molar-refractivity contribution in [2.75, 3.05) is 11.5 Å². The van der Waals surface area contributed by atoms with Crippen LogP contribution in [0, 0.1) is 0 Å². The third kappa shape index (κ3) is 5.67. The Kier molecular flexibility index (Phi) is 5.53. The van der Waals surface area contributed by atoms with Crippen molar-refractivity contribution in [1.82, 2.24) is 5.32 Å². The Morgan fingerprint density at radius 1 is 1.20 bits per heavy atom. The van der Waals surface area contributed by atoms with E-state index in [1.807, 2.05) is 0 Å². The van der Waals surface area contributed by atoms with E-state index in [0.29, 0.717) is 11.8 Å². The molecule has 0 aromatic rings. The molecule has 0 aromatic carbocycles. The van der Waals surface area contributed by atoms with Gasteiger partial charge in [0.25, 0.3) is 0 Å². The summed E-state index contributed by atoms with van der Waals surface area (Å²) in [5.74, 6) is 0.205. The number of rotatable bonds is 5. The van der Waals surface area contributed by atoms with Crippen molar-refractivity contribution in [3.63, 3.8) is 0 Å². The quantitative estimate of drug-likeness (QED) is 0.728. The molecule has 0 bridgehead atoms. The SMILES string of the molecule is NC(=O)CSCC(=O)NC1CCCCC1. The summed E-state index contributed by atoms with van der Waals surface area (Å²) in [4.78, 5) is 21.8.